The molecule has 0 aliphatic carbocycles. The van der Waals surface area contributed by atoms with Crippen LogP contribution in [0, 0.1) is 17.6 Å². The lowest BCUT2D eigenvalue weighted by molar-refractivity contribution is 0.0155. The van der Waals surface area contributed by atoms with Gasteiger partial charge in [-0.1, -0.05) is 6.92 Å². The molecule has 6 heteroatoms. The van der Waals surface area contributed by atoms with E-state index in [1.807, 2.05) is 27.7 Å². The minimum atomic E-state index is -0.883. The van der Waals surface area contributed by atoms with E-state index in [0.29, 0.717) is 30.7 Å². The highest BCUT2D eigenvalue weighted by atomic mass is 19.2. The lowest BCUT2D eigenvalue weighted by Gasteiger charge is -2.37. The molecule has 2 aromatic rings. The molecule has 0 unspecified atom stereocenters. The van der Waals surface area contributed by atoms with E-state index in [9.17, 15) is 13.6 Å². The van der Waals surface area contributed by atoms with Crippen LogP contribution < -0.4 is 0 Å². The molecule has 3 rings (SSSR count). The first-order chi connectivity index (χ1) is 11.7. The summed E-state index contributed by atoms with van der Waals surface area (Å²) in [4.78, 5) is 13.9. The smallest absolute Gasteiger partial charge is 0.410 e. The van der Waals surface area contributed by atoms with Crippen molar-refractivity contribution in [1.29, 1.82) is 0 Å². The van der Waals surface area contributed by atoms with Crippen LogP contribution in [0.3, 0.4) is 0 Å². The first-order valence-corrected chi connectivity index (χ1v) is 8.50. The van der Waals surface area contributed by atoms with Crippen molar-refractivity contribution in [2.75, 3.05) is 13.1 Å². The first-order valence-electron chi connectivity index (χ1n) is 8.50. The summed E-state index contributed by atoms with van der Waals surface area (Å²) < 4.78 is 38.7. The van der Waals surface area contributed by atoms with E-state index in [1.54, 1.807) is 4.90 Å². The highest BCUT2D eigenvalue weighted by Gasteiger charge is 2.34. The number of rotatable bonds is 1. The van der Waals surface area contributed by atoms with E-state index in [4.69, 9.17) is 9.15 Å². The quantitative estimate of drug-likeness (QED) is 0.720. The number of ether oxygens (including phenoxy) is 1. The average Bonchev–Trinajstić information content (AvgIpc) is 2.99. The molecular weight excluding hydrogens is 328 g/mol. The first kappa shape index (κ1) is 17.7. The fourth-order valence-electron chi connectivity index (χ4n) is 3.48. The molecule has 0 saturated carbocycles. The zero-order valence-electron chi connectivity index (χ0n) is 14.9. The Morgan fingerprint density at radius 2 is 2.08 bits per heavy atom. The number of carbonyl (C=O) groups is 1. The number of nitrogens with zero attached hydrogens (tertiary/aromatic N) is 1. The van der Waals surface area contributed by atoms with Crippen LogP contribution in [0.5, 0.6) is 0 Å². The summed E-state index contributed by atoms with van der Waals surface area (Å²) in [6, 6.07) is 2.67. The third-order valence-electron chi connectivity index (χ3n) is 4.61. The minimum absolute atomic E-state index is 0.0116. The Bertz CT molecular complexity index is 794. The van der Waals surface area contributed by atoms with Gasteiger partial charge in [-0.3, -0.25) is 0 Å². The van der Waals surface area contributed by atoms with Crippen LogP contribution in [0.2, 0.25) is 0 Å². The fraction of sp³-hybridized carbons (Fsp3) is 0.526. The highest BCUT2D eigenvalue weighted by Crippen LogP contribution is 2.38. The number of benzene rings is 1. The number of piperidine rings is 1. The second-order valence-electron chi connectivity index (χ2n) is 7.72. The van der Waals surface area contributed by atoms with E-state index in [-0.39, 0.29) is 23.3 Å². The lowest BCUT2D eigenvalue weighted by atomic mass is 9.81. The fourth-order valence-corrected chi connectivity index (χ4v) is 3.48. The summed E-state index contributed by atoms with van der Waals surface area (Å²) >= 11 is 0. The van der Waals surface area contributed by atoms with Gasteiger partial charge < -0.3 is 14.1 Å². The van der Waals surface area contributed by atoms with Gasteiger partial charge in [0.25, 0.3) is 0 Å². The van der Waals surface area contributed by atoms with Crippen molar-refractivity contribution in [2.45, 2.75) is 45.6 Å². The van der Waals surface area contributed by atoms with Gasteiger partial charge in [-0.25, -0.2) is 13.6 Å². The van der Waals surface area contributed by atoms with Crippen LogP contribution in [0.25, 0.3) is 11.0 Å². The topological polar surface area (TPSA) is 42.7 Å². The Hall–Kier alpha value is -2.11. The zero-order chi connectivity index (χ0) is 18.4. The van der Waals surface area contributed by atoms with Crippen molar-refractivity contribution in [3.8, 4) is 0 Å². The van der Waals surface area contributed by atoms with Crippen LogP contribution in [-0.2, 0) is 4.74 Å². The SMILES string of the molecule is C[C@H]1CN(C(=O)OC(C)(C)C)CC[C@@H]1c1cc(F)c(F)c2ccoc12. The molecule has 0 spiro atoms. The second-order valence-corrected chi connectivity index (χ2v) is 7.72. The number of carbonyl (C=O) groups excluding carboxylic acids is 1. The van der Waals surface area contributed by atoms with Gasteiger partial charge in [-0.05, 0) is 51.2 Å². The van der Waals surface area contributed by atoms with Gasteiger partial charge in [-0.15, -0.1) is 0 Å². The van der Waals surface area contributed by atoms with Crippen molar-refractivity contribution in [3.63, 3.8) is 0 Å². The third kappa shape index (κ3) is 3.48. The number of amides is 1. The molecule has 0 radical (unpaired) electrons. The van der Waals surface area contributed by atoms with Crippen LogP contribution >= 0.6 is 0 Å². The van der Waals surface area contributed by atoms with Crippen LogP contribution in [0.4, 0.5) is 13.6 Å². The third-order valence-corrected chi connectivity index (χ3v) is 4.61. The van der Waals surface area contributed by atoms with Gasteiger partial charge in [0.1, 0.15) is 11.2 Å². The number of likely N-dealkylation sites (tertiary alicyclic amines) is 1. The Balaban J connectivity index is 1.82. The maximum Gasteiger partial charge on any atom is 0.410 e. The van der Waals surface area contributed by atoms with E-state index < -0.39 is 17.2 Å². The van der Waals surface area contributed by atoms with Crippen molar-refractivity contribution in [1.82, 2.24) is 4.90 Å². The monoisotopic (exact) mass is 351 g/mol. The molecule has 2 heterocycles. The van der Waals surface area contributed by atoms with Crippen molar-refractivity contribution >= 4 is 17.1 Å². The predicted octanol–water partition coefficient (Wildman–Crippen LogP) is 5.07. The Kier molecular flexibility index (Phi) is 4.47. The molecule has 2 atom stereocenters. The summed E-state index contributed by atoms with van der Waals surface area (Å²) in [5.74, 6) is -1.70. The number of furan rings is 1. The second kappa shape index (κ2) is 6.32. The van der Waals surface area contributed by atoms with Gasteiger partial charge in [0.05, 0.1) is 11.6 Å². The summed E-state index contributed by atoms with van der Waals surface area (Å²) in [6.07, 6.45) is 1.67. The molecular formula is C19H23F2NO3. The van der Waals surface area contributed by atoms with E-state index in [0.717, 1.165) is 0 Å². The molecule has 1 fully saturated rings. The van der Waals surface area contributed by atoms with Crippen molar-refractivity contribution < 1.29 is 22.7 Å². The number of fused-ring (bicyclic) bond motifs is 1. The Morgan fingerprint density at radius 1 is 1.36 bits per heavy atom. The molecule has 25 heavy (non-hydrogen) atoms. The standard InChI is InChI=1S/C19H23F2NO3/c1-11-10-22(18(23)25-19(2,3)4)7-5-12(11)14-9-15(20)16(21)13-6-8-24-17(13)14/h6,8-9,11-12H,5,7,10H2,1-4H3/t11-,12-/m0/s1. The summed E-state index contributed by atoms with van der Waals surface area (Å²) in [5, 5.41) is 0.164. The summed E-state index contributed by atoms with van der Waals surface area (Å²) in [5.41, 5.74) is 0.508. The Morgan fingerprint density at radius 3 is 2.72 bits per heavy atom. The minimum Gasteiger partial charge on any atom is -0.464 e. The largest absolute Gasteiger partial charge is 0.464 e. The maximum atomic E-state index is 14.0. The van der Waals surface area contributed by atoms with Gasteiger partial charge in [-0.2, -0.15) is 0 Å². The number of hydrogen-bond acceptors (Lipinski definition) is 3. The van der Waals surface area contributed by atoms with Crippen LogP contribution in [0.15, 0.2) is 22.8 Å². The average molecular weight is 351 g/mol. The molecule has 1 aromatic carbocycles. The molecule has 1 aromatic heterocycles. The maximum absolute atomic E-state index is 14.0. The van der Waals surface area contributed by atoms with Gasteiger partial charge in [0.15, 0.2) is 11.6 Å². The lowest BCUT2D eigenvalue weighted by Crippen LogP contribution is -2.44. The van der Waals surface area contributed by atoms with E-state index in [1.165, 1.54) is 18.4 Å². The van der Waals surface area contributed by atoms with Gasteiger partial charge >= 0.3 is 6.09 Å². The number of hydrogen-bond donors (Lipinski definition) is 0. The van der Waals surface area contributed by atoms with Crippen molar-refractivity contribution in [3.05, 3.63) is 35.6 Å². The normalized spacial score (nSPS) is 21.6. The molecule has 4 nitrogen and oxygen atoms in total. The van der Waals surface area contributed by atoms with Crippen LogP contribution in [-0.4, -0.2) is 29.7 Å². The summed E-state index contributed by atoms with van der Waals surface area (Å²) in [6.45, 7) is 8.49. The van der Waals surface area contributed by atoms with Crippen LogP contribution in [0.1, 0.15) is 45.6 Å². The van der Waals surface area contributed by atoms with Crippen molar-refractivity contribution in [2.24, 2.45) is 5.92 Å². The van der Waals surface area contributed by atoms with Gasteiger partial charge in [0, 0.05) is 18.7 Å². The summed E-state index contributed by atoms with van der Waals surface area (Å²) in [7, 11) is 0. The zero-order valence-corrected chi connectivity index (χ0v) is 14.9. The molecule has 1 aliphatic heterocycles. The predicted molar refractivity (Wildman–Crippen MR) is 90.5 cm³/mol. The molecule has 0 bridgehead atoms. The van der Waals surface area contributed by atoms with E-state index in [2.05, 4.69) is 0 Å². The molecule has 0 N–H and O–H groups in total. The molecule has 1 aliphatic rings. The molecule has 136 valence electrons. The molecule has 1 amide bonds. The highest BCUT2D eigenvalue weighted by molar-refractivity contribution is 5.82. The Labute approximate surface area is 145 Å². The number of halogens is 2. The molecule has 1 saturated heterocycles. The van der Waals surface area contributed by atoms with E-state index >= 15 is 0 Å². The van der Waals surface area contributed by atoms with Gasteiger partial charge in [0.2, 0.25) is 0 Å².